The van der Waals surface area contributed by atoms with E-state index in [0.717, 1.165) is 70.8 Å². The summed E-state index contributed by atoms with van der Waals surface area (Å²) in [6.45, 7) is 27.1. The molecule has 0 aliphatic carbocycles. The number of aliphatic imine (C=N–C) groups is 1. The van der Waals surface area contributed by atoms with Gasteiger partial charge in [-0.25, -0.2) is 5.43 Å². The van der Waals surface area contributed by atoms with Gasteiger partial charge in [0.15, 0.2) is 0 Å². The maximum absolute atomic E-state index is 5.32. The molecule has 2 N–H and O–H groups in total. The predicted molar refractivity (Wildman–Crippen MR) is 191 cm³/mol. The van der Waals surface area contributed by atoms with Gasteiger partial charge >= 0.3 is 0 Å². The molecule has 0 amide bonds. The van der Waals surface area contributed by atoms with Gasteiger partial charge in [0.2, 0.25) is 0 Å². The van der Waals surface area contributed by atoms with Crippen LogP contribution in [0.3, 0.4) is 0 Å². The Morgan fingerprint density at radius 1 is 1.09 bits per heavy atom. The molecule has 0 aromatic carbocycles. The van der Waals surface area contributed by atoms with Crippen molar-refractivity contribution in [3.63, 3.8) is 0 Å². The quantitative estimate of drug-likeness (QED) is 0.269. The van der Waals surface area contributed by atoms with E-state index in [0.29, 0.717) is 30.1 Å². The van der Waals surface area contributed by atoms with Crippen molar-refractivity contribution in [2.75, 3.05) is 45.8 Å². The van der Waals surface area contributed by atoms with Crippen molar-refractivity contribution in [2.24, 2.45) is 10.9 Å². The molecule has 45 heavy (non-hydrogen) atoms. The van der Waals surface area contributed by atoms with Crippen LogP contribution in [-0.4, -0.2) is 95.4 Å². The first kappa shape index (κ1) is 33.8. The summed E-state index contributed by atoms with van der Waals surface area (Å²) in [6.07, 6.45) is 18.7. The number of rotatable bonds is 10. The Kier molecular flexibility index (Phi) is 11.9. The highest BCUT2D eigenvalue weighted by Gasteiger charge is 2.45. The van der Waals surface area contributed by atoms with E-state index in [-0.39, 0.29) is 0 Å². The van der Waals surface area contributed by atoms with Gasteiger partial charge in [0.05, 0.1) is 0 Å². The molecule has 2 saturated heterocycles. The Morgan fingerprint density at radius 3 is 2.62 bits per heavy atom. The van der Waals surface area contributed by atoms with Crippen molar-refractivity contribution in [2.45, 2.75) is 123 Å². The van der Waals surface area contributed by atoms with Crippen LogP contribution in [0.5, 0.6) is 0 Å². The minimum Gasteiger partial charge on any atom is -0.388 e. The van der Waals surface area contributed by atoms with Gasteiger partial charge < -0.3 is 20.1 Å². The third-order valence-corrected chi connectivity index (χ3v) is 11.2. The molecular formula is C38H63N7. The number of piperazine rings is 1. The summed E-state index contributed by atoms with van der Waals surface area (Å²) in [4.78, 5) is 13.2. The highest BCUT2D eigenvalue weighted by molar-refractivity contribution is 5.99. The highest BCUT2D eigenvalue weighted by atomic mass is 15.5. The largest absolute Gasteiger partial charge is 0.388 e. The van der Waals surface area contributed by atoms with Gasteiger partial charge in [-0.2, -0.15) is 0 Å². The van der Waals surface area contributed by atoms with E-state index < -0.39 is 0 Å². The van der Waals surface area contributed by atoms with E-state index in [9.17, 15) is 0 Å². The molecule has 5 atom stereocenters. The lowest BCUT2D eigenvalue weighted by Crippen LogP contribution is -2.68. The Labute approximate surface area is 275 Å². The molecule has 5 unspecified atom stereocenters. The summed E-state index contributed by atoms with van der Waals surface area (Å²) in [5.74, 6) is 0.500. The van der Waals surface area contributed by atoms with Crippen LogP contribution in [0.15, 0.2) is 64.7 Å². The number of unbranched alkanes of at least 4 members (excludes halogenated alkanes) is 1. The standard InChI is InChI=1S/C38H63N7/c1-8-11-14-33(13-9-2)45-38(28(4)26-41-45)32-17-19-40-31(7)34-15-12-16-36-37(43-23-21-42(22-24-43)30(6)10-3)27-44(36)35(34)18-20-39-29(5)25-32/h10,18,20,29,32-33,36-37,39,41H,3,6,8-9,11-17,19,21-27H2,1-2,4-5,7H3/b20-18+,40-31-. The van der Waals surface area contributed by atoms with Crippen molar-refractivity contribution in [3.05, 3.63) is 59.7 Å². The zero-order valence-corrected chi connectivity index (χ0v) is 29.3. The Hall–Kier alpha value is -2.51. The average Bonchev–Trinajstić information content (AvgIpc) is 3.35. The first-order valence-electron chi connectivity index (χ1n) is 18.3. The van der Waals surface area contributed by atoms with E-state index in [1.165, 1.54) is 67.5 Å². The molecule has 0 radical (unpaired) electrons. The number of hydrogen-bond donors (Lipinski definition) is 2. The molecule has 7 heteroatoms. The summed E-state index contributed by atoms with van der Waals surface area (Å²) < 4.78 is 0. The van der Waals surface area contributed by atoms with E-state index in [2.05, 4.69) is 90.5 Å². The number of nitrogens with one attached hydrogen (secondary N) is 2. The van der Waals surface area contributed by atoms with Crippen LogP contribution >= 0.6 is 0 Å². The number of allylic oxidation sites excluding steroid dienone is 4. The first-order valence-corrected chi connectivity index (χ1v) is 18.3. The van der Waals surface area contributed by atoms with Gasteiger partial charge in [-0.15, -0.1) is 0 Å². The second kappa shape index (κ2) is 15.9. The molecule has 250 valence electrons. The van der Waals surface area contributed by atoms with Crippen molar-refractivity contribution >= 4 is 5.71 Å². The molecule has 0 spiro atoms. The van der Waals surface area contributed by atoms with Gasteiger partial charge in [0, 0.05) is 98.7 Å². The Morgan fingerprint density at radius 2 is 1.89 bits per heavy atom. The lowest BCUT2D eigenvalue weighted by molar-refractivity contribution is -0.0231. The zero-order chi connectivity index (χ0) is 31.9. The molecule has 5 heterocycles. The molecule has 2 fully saturated rings. The fourth-order valence-electron chi connectivity index (χ4n) is 8.60. The summed E-state index contributed by atoms with van der Waals surface area (Å²) >= 11 is 0. The fraction of sp³-hybridized carbons (Fsp3) is 0.711. The van der Waals surface area contributed by atoms with Crippen molar-refractivity contribution < 1.29 is 0 Å². The normalized spacial score (nSPS) is 31.0. The second-order valence-electron chi connectivity index (χ2n) is 14.3. The molecule has 0 saturated carbocycles. The maximum Gasteiger partial charge on any atom is 0.0476 e. The van der Waals surface area contributed by atoms with Crippen LogP contribution in [0.25, 0.3) is 0 Å². The SMILES string of the molecule is C=CC(=C)N1CCN(C2CN3C4=C(CCCC23)C(/C)=N\CCC(C2=C(C)CNN2C(CCC)CCCC)CC(C)N/C=C/4)CC1. The molecule has 5 aliphatic rings. The van der Waals surface area contributed by atoms with E-state index in [4.69, 9.17) is 4.99 Å². The van der Waals surface area contributed by atoms with Gasteiger partial charge in [-0.05, 0) is 95.2 Å². The van der Waals surface area contributed by atoms with Crippen LogP contribution in [0.2, 0.25) is 0 Å². The molecule has 7 nitrogen and oxygen atoms in total. The van der Waals surface area contributed by atoms with Crippen LogP contribution in [0.4, 0.5) is 0 Å². The maximum atomic E-state index is 5.32. The van der Waals surface area contributed by atoms with Crippen molar-refractivity contribution in [1.29, 1.82) is 0 Å². The minimum absolute atomic E-state index is 0.398. The van der Waals surface area contributed by atoms with Crippen LogP contribution in [0, 0.1) is 5.92 Å². The van der Waals surface area contributed by atoms with Gasteiger partial charge in [0.25, 0.3) is 0 Å². The lowest BCUT2D eigenvalue weighted by atomic mass is 9.89. The van der Waals surface area contributed by atoms with E-state index >= 15 is 0 Å². The summed E-state index contributed by atoms with van der Waals surface area (Å²) in [6, 6.07) is 2.22. The molecule has 5 aliphatic heterocycles. The number of hydrazine groups is 1. The molecular weight excluding hydrogens is 554 g/mol. The van der Waals surface area contributed by atoms with E-state index in [1.54, 1.807) is 5.70 Å². The summed E-state index contributed by atoms with van der Waals surface area (Å²) in [5.41, 5.74) is 12.1. The minimum atomic E-state index is 0.398. The topological polar surface area (TPSA) is 49.4 Å². The van der Waals surface area contributed by atoms with Crippen molar-refractivity contribution in [1.82, 2.24) is 30.5 Å². The van der Waals surface area contributed by atoms with E-state index in [1.807, 2.05) is 6.08 Å². The Bertz CT molecular complexity index is 1160. The highest BCUT2D eigenvalue weighted by Crippen LogP contribution is 2.38. The van der Waals surface area contributed by atoms with Crippen LogP contribution in [0.1, 0.15) is 98.8 Å². The number of hydrogen-bond acceptors (Lipinski definition) is 7. The number of fused-ring (bicyclic) bond motifs is 2. The first-order chi connectivity index (χ1) is 21.9. The smallest absolute Gasteiger partial charge is 0.0476 e. The summed E-state index contributed by atoms with van der Waals surface area (Å²) in [7, 11) is 0. The van der Waals surface area contributed by atoms with Gasteiger partial charge in [-0.1, -0.05) is 46.3 Å². The number of nitrogens with zero attached hydrogens (tertiary/aromatic N) is 5. The zero-order valence-electron chi connectivity index (χ0n) is 29.3. The van der Waals surface area contributed by atoms with Crippen LogP contribution < -0.4 is 10.7 Å². The molecule has 5 rings (SSSR count). The fourth-order valence-corrected chi connectivity index (χ4v) is 8.60. The third-order valence-electron chi connectivity index (χ3n) is 11.2. The average molecular weight is 618 g/mol. The van der Waals surface area contributed by atoms with Gasteiger partial charge in [0.1, 0.15) is 0 Å². The molecule has 0 aromatic heterocycles. The Balaban J connectivity index is 1.31. The summed E-state index contributed by atoms with van der Waals surface area (Å²) in [5, 5.41) is 6.42. The molecule has 0 aromatic rings. The monoisotopic (exact) mass is 618 g/mol. The van der Waals surface area contributed by atoms with Crippen molar-refractivity contribution in [3.8, 4) is 0 Å². The van der Waals surface area contributed by atoms with Gasteiger partial charge in [-0.3, -0.25) is 9.89 Å². The molecule has 0 bridgehead atoms. The third kappa shape index (κ3) is 7.73. The lowest BCUT2D eigenvalue weighted by Gasteiger charge is -2.55. The van der Waals surface area contributed by atoms with Crippen LogP contribution in [-0.2, 0) is 0 Å². The predicted octanol–water partition coefficient (Wildman–Crippen LogP) is 6.61. The second-order valence-corrected chi connectivity index (χ2v) is 14.3.